The molecule has 0 aliphatic rings. The van der Waals surface area contributed by atoms with Crippen LogP contribution in [0.2, 0.25) is 0 Å². The van der Waals surface area contributed by atoms with Gasteiger partial charge in [0.2, 0.25) is 0 Å². The lowest BCUT2D eigenvalue weighted by atomic mass is 10.0. The normalized spacial score (nSPS) is 12.6. The van der Waals surface area contributed by atoms with Gasteiger partial charge in [-0.25, -0.2) is 0 Å². The van der Waals surface area contributed by atoms with Crippen molar-refractivity contribution in [2.45, 2.75) is 19.9 Å². The summed E-state index contributed by atoms with van der Waals surface area (Å²) >= 11 is 3.39. The van der Waals surface area contributed by atoms with Crippen molar-refractivity contribution in [3.05, 3.63) is 21.7 Å². The SMILES string of the molecule is COc1cc(Br)c(C)c(C(C)N)c1O. The minimum absolute atomic E-state index is 0.128. The second-order valence-corrected chi connectivity index (χ2v) is 4.09. The Labute approximate surface area is 92.0 Å². The van der Waals surface area contributed by atoms with Gasteiger partial charge in [-0.3, -0.25) is 0 Å². The minimum Gasteiger partial charge on any atom is -0.504 e. The van der Waals surface area contributed by atoms with Gasteiger partial charge >= 0.3 is 0 Å². The highest BCUT2D eigenvalue weighted by Gasteiger charge is 2.16. The molecule has 0 aliphatic carbocycles. The maximum atomic E-state index is 9.84. The molecule has 1 unspecified atom stereocenters. The first-order chi connectivity index (χ1) is 6.49. The molecule has 1 aromatic rings. The van der Waals surface area contributed by atoms with Gasteiger partial charge in [0.05, 0.1) is 7.11 Å². The maximum Gasteiger partial charge on any atom is 0.162 e. The summed E-state index contributed by atoms with van der Waals surface area (Å²) < 4.78 is 5.92. The average molecular weight is 260 g/mol. The molecule has 14 heavy (non-hydrogen) atoms. The quantitative estimate of drug-likeness (QED) is 0.858. The van der Waals surface area contributed by atoms with Gasteiger partial charge in [-0.15, -0.1) is 0 Å². The number of aromatic hydroxyl groups is 1. The molecule has 3 nitrogen and oxygen atoms in total. The Kier molecular flexibility index (Phi) is 3.39. The van der Waals surface area contributed by atoms with Crippen molar-refractivity contribution in [3.63, 3.8) is 0 Å². The first kappa shape index (κ1) is 11.3. The fraction of sp³-hybridized carbons (Fsp3) is 0.400. The van der Waals surface area contributed by atoms with E-state index in [1.165, 1.54) is 7.11 Å². The number of nitrogens with two attached hydrogens (primary N) is 1. The summed E-state index contributed by atoms with van der Waals surface area (Å²) in [6.07, 6.45) is 0. The molecule has 0 saturated carbocycles. The van der Waals surface area contributed by atoms with E-state index in [9.17, 15) is 5.11 Å². The summed E-state index contributed by atoms with van der Waals surface area (Å²) in [6.45, 7) is 3.73. The van der Waals surface area contributed by atoms with Crippen LogP contribution in [-0.4, -0.2) is 12.2 Å². The van der Waals surface area contributed by atoms with Crippen molar-refractivity contribution in [3.8, 4) is 11.5 Å². The van der Waals surface area contributed by atoms with Crippen LogP contribution in [0, 0.1) is 6.92 Å². The van der Waals surface area contributed by atoms with Crippen LogP contribution in [0.1, 0.15) is 24.1 Å². The zero-order valence-corrected chi connectivity index (χ0v) is 10.1. The number of ether oxygens (including phenoxy) is 1. The Morgan fingerprint density at radius 3 is 2.57 bits per heavy atom. The number of methoxy groups -OCH3 is 1. The lowest BCUT2D eigenvalue weighted by Gasteiger charge is -2.16. The molecule has 1 aromatic carbocycles. The number of hydrogen-bond acceptors (Lipinski definition) is 3. The van der Waals surface area contributed by atoms with E-state index < -0.39 is 0 Å². The third-order valence-corrected chi connectivity index (χ3v) is 3.01. The molecule has 0 saturated heterocycles. The van der Waals surface area contributed by atoms with Crippen LogP contribution in [0.5, 0.6) is 11.5 Å². The maximum absolute atomic E-state index is 9.84. The molecule has 0 aromatic heterocycles. The molecular weight excluding hydrogens is 246 g/mol. The highest BCUT2D eigenvalue weighted by Crippen LogP contribution is 2.39. The summed E-state index contributed by atoms with van der Waals surface area (Å²) in [6, 6.07) is 1.51. The Morgan fingerprint density at radius 2 is 2.14 bits per heavy atom. The lowest BCUT2D eigenvalue weighted by Crippen LogP contribution is -2.08. The van der Waals surface area contributed by atoms with Crippen molar-refractivity contribution < 1.29 is 9.84 Å². The van der Waals surface area contributed by atoms with Crippen molar-refractivity contribution in [2.24, 2.45) is 5.73 Å². The number of halogens is 1. The van der Waals surface area contributed by atoms with Crippen LogP contribution in [0.4, 0.5) is 0 Å². The van der Waals surface area contributed by atoms with Gasteiger partial charge in [-0.05, 0) is 25.5 Å². The number of phenolic OH excluding ortho intramolecular Hbond substituents is 1. The number of hydrogen-bond donors (Lipinski definition) is 2. The lowest BCUT2D eigenvalue weighted by molar-refractivity contribution is 0.368. The summed E-state index contributed by atoms with van der Waals surface area (Å²) in [7, 11) is 1.52. The van der Waals surface area contributed by atoms with Crippen LogP contribution in [0.15, 0.2) is 10.5 Å². The van der Waals surface area contributed by atoms with Gasteiger partial charge in [0.1, 0.15) is 0 Å². The van der Waals surface area contributed by atoms with E-state index in [0.29, 0.717) is 5.75 Å². The van der Waals surface area contributed by atoms with E-state index in [0.717, 1.165) is 15.6 Å². The van der Waals surface area contributed by atoms with Gasteiger partial charge < -0.3 is 15.6 Å². The number of rotatable bonds is 2. The predicted molar refractivity (Wildman–Crippen MR) is 59.7 cm³/mol. The predicted octanol–water partition coefficient (Wildman–Crippen LogP) is 2.49. The molecule has 0 bridgehead atoms. The number of benzene rings is 1. The monoisotopic (exact) mass is 259 g/mol. The molecule has 78 valence electrons. The fourth-order valence-corrected chi connectivity index (χ4v) is 1.86. The molecule has 1 atom stereocenters. The Morgan fingerprint density at radius 1 is 1.57 bits per heavy atom. The van der Waals surface area contributed by atoms with Gasteiger partial charge in [0.25, 0.3) is 0 Å². The van der Waals surface area contributed by atoms with Crippen molar-refractivity contribution in [1.82, 2.24) is 0 Å². The van der Waals surface area contributed by atoms with Crippen LogP contribution < -0.4 is 10.5 Å². The molecule has 0 amide bonds. The van der Waals surface area contributed by atoms with E-state index in [1.54, 1.807) is 6.07 Å². The second kappa shape index (κ2) is 4.19. The highest BCUT2D eigenvalue weighted by atomic mass is 79.9. The standard InChI is InChI=1S/C10H14BrNO2/c1-5-7(11)4-8(14-3)10(13)9(5)6(2)12/h4,6,13H,12H2,1-3H3. The zero-order chi connectivity index (χ0) is 10.9. The van der Waals surface area contributed by atoms with E-state index in [4.69, 9.17) is 10.5 Å². The van der Waals surface area contributed by atoms with Crippen molar-refractivity contribution in [2.75, 3.05) is 7.11 Å². The fourth-order valence-electron chi connectivity index (χ4n) is 1.44. The Hall–Kier alpha value is -0.740. The van der Waals surface area contributed by atoms with E-state index in [2.05, 4.69) is 15.9 Å². The molecule has 0 spiro atoms. The Balaban J connectivity index is 3.45. The van der Waals surface area contributed by atoms with E-state index in [1.807, 2.05) is 13.8 Å². The molecular formula is C10H14BrNO2. The third kappa shape index (κ3) is 1.86. The van der Waals surface area contributed by atoms with Gasteiger partial charge in [-0.2, -0.15) is 0 Å². The molecule has 3 N–H and O–H groups in total. The van der Waals surface area contributed by atoms with Gasteiger partial charge in [0, 0.05) is 16.1 Å². The van der Waals surface area contributed by atoms with Gasteiger partial charge in [-0.1, -0.05) is 15.9 Å². The first-order valence-electron chi connectivity index (χ1n) is 4.30. The average Bonchev–Trinajstić information content (AvgIpc) is 2.11. The van der Waals surface area contributed by atoms with Crippen LogP contribution >= 0.6 is 15.9 Å². The van der Waals surface area contributed by atoms with Crippen LogP contribution in [0.3, 0.4) is 0 Å². The smallest absolute Gasteiger partial charge is 0.162 e. The molecule has 0 fully saturated rings. The van der Waals surface area contributed by atoms with E-state index in [-0.39, 0.29) is 11.8 Å². The molecule has 1 rings (SSSR count). The first-order valence-corrected chi connectivity index (χ1v) is 5.09. The molecule has 4 heteroatoms. The highest BCUT2D eigenvalue weighted by molar-refractivity contribution is 9.10. The summed E-state index contributed by atoms with van der Waals surface area (Å²) in [5.74, 6) is 0.568. The van der Waals surface area contributed by atoms with E-state index >= 15 is 0 Å². The third-order valence-electron chi connectivity index (χ3n) is 2.18. The largest absolute Gasteiger partial charge is 0.504 e. The molecule has 0 radical (unpaired) electrons. The van der Waals surface area contributed by atoms with Gasteiger partial charge in [0.15, 0.2) is 11.5 Å². The summed E-state index contributed by atoms with van der Waals surface area (Å²) in [4.78, 5) is 0. The summed E-state index contributed by atoms with van der Waals surface area (Å²) in [5.41, 5.74) is 7.43. The Bertz CT molecular complexity index is 350. The number of phenols is 1. The topological polar surface area (TPSA) is 55.5 Å². The van der Waals surface area contributed by atoms with Crippen LogP contribution in [0.25, 0.3) is 0 Å². The summed E-state index contributed by atoms with van der Waals surface area (Å²) in [5, 5.41) is 9.84. The van der Waals surface area contributed by atoms with Crippen molar-refractivity contribution >= 4 is 15.9 Å². The van der Waals surface area contributed by atoms with Crippen molar-refractivity contribution in [1.29, 1.82) is 0 Å². The minimum atomic E-state index is -0.221. The molecule has 0 aliphatic heterocycles. The van der Waals surface area contributed by atoms with Crippen LogP contribution in [-0.2, 0) is 0 Å². The second-order valence-electron chi connectivity index (χ2n) is 3.24. The molecule has 0 heterocycles. The zero-order valence-electron chi connectivity index (χ0n) is 8.47.